The summed E-state index contributed by atoms with van der Waals surface area (Å²) in [7, 11) is -1.87. The van der Waals surface area contributed by atoms with E-state index in [1.54, 1.807) is 31.8 Å². The molecule has 158 valence electrons. The minimum absolute atomic E-state index is 0.254. The number of aromatic amines is 1. The molecule has 0 bridgehead atoms. The molecule has 2 heterocycles. The molecule has 0 aliphatic carbocycles. The number of H-pyrrole nitrogens is 1. The molecule has 0 atom stereocenters. The monoisotopic (exact) mass is 449 g/mol. The lowest BCUT2D eigenvalue weighted by atomic mass is 10.2. The van der Waals surface area contributed by atoms with Gasteiger partial charge in [-0.3, -0.25) is 9.52 Å². The van der Waals surface area contributed by atoms with Crippen LogP contribution < -0.4 is 10.0 Å². The highest BCUT2D eigenvalue weighted by molar-refractivity contribution is 7.92. The SMILES string of the molecule is COCc1cnc(Cc2cc(C(=O)Nc3cc(Cl)cc(NS(C)(=O)=O)c3)c[nH]2)nc1. The van der Waals surface area contributed by atoms with Crippen LogP contribution in [0.3, 0.4) is 0 Å². The zero-order valence-corrected chi connectivity index (χ0v) is 17.8. The maximum atomic E-state index is 12.5. The lowest BCUT2D eigenvalue weighted by Crippen LogP contribution is -2.13. The number of sulfonamides is 1. The number of hydrogen-bond donors (Lipinski definition) is 3. The number of benzene rings is 1. The lowest BCUT2D eigenvalue weighted by Gasteiger charge is -2.09. The molecule has 0 unspecified atom stereocenters. The van der Waals surface area contributed by atoms with Crippen molar-refractivity contribution in [2.45, 2.75) is 13.0 Å². The number of anilines is 2. The summed E-state index contributed by atoms with van der Waals surface area (Å²) in [6.45, 7) is 0.442. The van der Waals surface area contributed by atoms with Gasteiger partial charge < -0.3 is 15.0 Å². The van der Waals surface area contributed by atoms with Crippen LogP contribution >= 0.6 is 11.6 Å². The maximum absolute atomic E-state index is 12.5. The summed E-state index contributed by atoms with van der Waals surface area (Å²) in [4.78, 5) is 24.1. The van der Waals surface area contributed by atoms with E-state index in [0.717, 1.165) is 17.5 Å². The topological polar surface area (TPSA) is 126 Å². The van der Waals surface area contributed by atoms with Crippen LogP contribution in [0.15, 0.2) is 42.9 Å². The number of carbonyl (C=O) groups excluding carboxylic acids is 1. The molecule has 9 nitrogen and oxygen atoms in total. The van der Waals surface area contributed by atoms with Crippen LogP contribution in [0.4, 0.5) is 11.4 Å². The van der Waals surface area contributed by atoms with Crippen molar-refractivity contribution in [2.24, 2.45) is 0 Å². The van der Waals surface area contributed by atoms with Gasteiger partial charge in [0.15, 0.2) is 0 Å². The molecule has 1 amide bonds. The third-order valence-corrected chi connectivity index (χ3v) is 4.71. The summed E-state index contributed by atoms with van der Waals surface area (Å²) in [6, 6.07) is 6.15. The van der Waals surface area contributed by atoms with Crippen molar-refractivity contribution in [3.05, 3.63) is 70.5 Å². The molecule has 0 aliphatic rings. The van der Waals surface area contributed by atoms with Gasteiger partial charge >= 0.3 is 0 Å². The standard InChI is InChI=1S/C19H20ClN5O4S/c1-29-11-12-8-22-18(23-9-12)7-15-3-13(10-21-15)19(26)24-16-4-14(20)5-17(6-16)25-30(2,27)28/h3-6,8-10,21,25H,7,11H2,1-2H3,(H,24,26). The second kappa shape index (κ2) is 9.24. The van der Waals surface area contributed by atoms with E-state index in [2.05, 4.69) is 25.0 Å². The van der Waals surface area contributed by atoms with Crippen molar-refractivity contribution in [3.63, 3.8) is 0 Å². The third kappa shape index (κ3) is 6.28. The zero-order chi connectivity index (χ0) is 21.7. The van der Waals surface area contributed by atoms with Crippen molar-refractivity contribution in [1.82, 2.24) is 15.0 Å². The predicted octanol–water partition coefficient (Wildman–Crippen LogP) is 2.82. The van der Waals surface area contributed by atoms with E-state index in [-0.39, 0.29) is 16.6 Å². The van der Waals surface area contributed by atoms with E-state index in [0.29, 0.717) is 30.1 Å². The highest BCUT2D eigenvalue weighted by Gasteiger charge is 2.12. The molecular weight excluding hydrogens is 430 g/mol. The normalized spacial score (nSPS) is 11.3. The van der Waals surface area contributed by atoms with E-state index in [1.807, 2.05) is 0 Å². The Morgan fingerprint density at radius 2 is 1.87 bits per heavy atom. The number of halogens is 1. The first-order valence-electron chi connectivity index (χ1n) is 8.77. The largest absolute Gasteiger partial charge is 0.380 e. The summed E-state index contributed by atoms with van der Waals surface area (Å²) in [5.41, 5.74) is 2.66. The van der Waals surface area contributed by atoms with Gasteiger partial charge in [0.05, 0.1) is 24.1 Å². The van der Waals surface area contributed by atoms with Crippen molar-refractivity contribution in [3.8, 4) is 0 Å². The van der Waals surface area contributed by atoms with E-state index in [1.165, 1.54) is 18.2 Å². The van der Waals surface area contributed by atoms with Crippen molar-refractivity contribution in [2.75, 3.05) is 23.4 Å². The van der Waals surface area contributed by atoms with Crippen LogP contribution in [0, 0.1) is 0 Å². The lowest BCUT2D eigenvalue weighted by molar-refractivity contribution is 0.102. The molecule has 11 heteroatoms. The molecule has 3 aromatic rings. The Bertz CT molecular complexity index is 1150. The first-order valence-corrected chi connectivity index (χ1v) is 11.0. The molecule has 0 fully saturated rings. The third-order valence-electron chi connectivity index (χ3n) is 3.88. The average Bonchev–Trinajstić information content (AvgIpc) is 3.10. The fourth-order valence-electron chi connectivity index (χ4n) is 2.70. The number of amides is 1. The Kier molecular flexibility index (Phi) is 6.70. The van der Waals surface area contributed by atoms with Gasteiger partial charge in [-0.25, -0.2) is 18.4 Å². The molecule has 2 aromatic heterocycles. The van der Waals surface area contributed by atoms with Crippen molar-refractivity contribution in [1.29, 1.82) is 0 Å². The summed E-state index contributed by atoms with van der Waals surface area (Å²) < 4.78 is 30.2. The Labute approximate surface area is 178 Å². The van der Waals surface area contributed by atoms with Gasteiger partial charge in [-0.05, 0) is 24.3 Å². The molecule has 0 radical (unpaired) electrons. The molecular formula is C19H20ClN5O4S. The minimum atomic E-state index is -3.47. The number of nitrogens with zero attached hydrogens (tertiary/aromatic N) is 2. The van der Waals surface area contributed by atoms with E-state index < -0.39 is 10.0 Å². The van der Waals surface area contributed by atoms with Gasteiger partial charge in [0.1, 0.15) is 5.82 Å². The number of methoxy groups -OCH3 is 1. The zero-order valence-electron chi connectivity index (χ0n) is 16.3. The number of carbonyl (C=O) groups is 1. The van der Waals surface area contributed by atoms with Crippen LogP contribution in [-0.4, -0.2) is 42.6 Å². The number of ether oxygens (including phenoxy) is 1. The second-order valence-electron chi connectivity index (χ2n) is 6.59. The van der Waals surface area contributed by atoms with E-state index >= 15 is 0 Å². The van der Waals surface area contributed by atoms with Crippen LogP contribution in [0.5, 0.6) is 0 Å². The van der Waals surface area contributed by atoms with Crippen LogP contribution in [0.2, 0.25) is 5.02 Å². The average molecular weight is 450 g/mol. The molecule has 3 rings (SSSR count). The number of rotatable bonds is 8. The number of hydrogen-bond acceptors (Lipinski definition) is 6. The fourth-order valence-corrected chi connectivity index (χ4v) is 3.48. The highest BCUT2D eigenvalue weighted by Crippen LogP contribution is 2.24. The van der Waals surface area contributed by atoms with Crippen LogP contribution in [-0.2, 0) is 27.8 Å². The number of aromatic nitrogens is 3. The second-order valence-corrected chi connectivity index (χ2v) is 8.77. The highest BCUT2D eigenvalue weighted by atomic mass is 35.5. The van der Waals surface area contributed by atoms with Gasteiger partial charge in [0.25, 0.3) is 5.91 Å². The molecule has 3 N–H and O–H groups in total. The molecule has 30 heavy (non-hydrogen) atoms. The van der Waals surface area contributed by atoms with Gasteiger partial charge in [-0.2, -0.15) is 0 Å². The molecule has 0 spiro atoms. The summed E-state index contributed by atoms with van der Waals surface area (Å²) >= 11 is 6.02. The fraction of sp³-hybridized carbons (Fsp3) is 0.211. The van der Waals surface area contributed by atoms with Gasteiger partial charge in [0.2, 0.25) is 10.0 Å². The summed E-state index contributed by atoms with van der Waals surface area (Å²) in [6.07, 6.45) is 6.43. The first-order chi connectivity index (χ1) is 14.2. The molecule has 0 saturated carbocycles. The van der Waals surface area contributed by atoms with Crippen molar-refractivity contribution < 1.29 is 17.9 Å². The Morgan fingerprint density at radius 3 is 2.53 bits per heavy atom. The Hall–Kier alpha value is -2.95. The summed E-state index contributed by atoms with van der Waals surface area (Å²) in [5.74, 6) is 0.233. The van der Waals surface area contributed by atoms with Gasteiger partial charge in [-0.15, -0.1) is 0 Å². The smallest absolute Gasteiger partial charge is 0.257 e. The Morgan fingerprint density at radius 1 is 1.17 bits per heavy atom. The number of nitrogens with one attached hydrogen (secondary N) is 3. The molecule has 0 saturated heterocycles. The van der Waals surface area contributed by atoms with Crippen LogP contribution in [0.1, 0.15) is 27.4 Å². The minimum Gasteiger partial charge on any atom is -0.380 e. The van der Waals surface area contributed by atoms with Crippen LogP contribution in [0.25, 0.3) is 0 Å². The van der Waals surface area contributed by atoms with Gasteiger partial charge in [-0.1, -0.05) is 11.6 Å². The predicted molar refractivity (Wildman–Crippen MR) is 114 cm³/mol. The quantitative estimate of drug-likeness (QED) is 0.485. The van der Waals surface area contributed by atoms with E-state index in [9.17, 15) is 13.2 Å². The maximum Gasteiger partial charge on any atom is 0.257 e. The van der Waals surface area contributed by atoms with E-state index in [4.69, 9.17) is 16.3 Å². The molecule has 0 aliphatic heterocycles. The molecule has 1 aromatic carbocycles. The van der Waals surface area contributed by atoms with Gasteiger partial charge in [0, 0.05) is 54.1 Å². The van der Waals surface area contributed by atoms with Crippen molar-refractivity contribution >= 4 is 38.9 Å². The summed E-state index contributed by atoms with van der Waals surface area (Å²) in [5, 5.41) is 2.98. The Balaban J connectivity index is 1.68. The first kappa shape index (κ1) is 21.8.